The third-order valence-corrected chi connectivity index (χ3v) is 9.20. The summed E-state index contributed by atoms with van der Waals surface area (Å²) < 4.78 is 80.1. The van der Waals surface area contributed by atoms with Crippen LogP contribution in [0, 0.1) is 0 Å². The first-order chi connectivity index (χ1) is 24.9. The van der Waals surface area contributed by atoms with Gasteiger partial charge in [0.1, 0.15) is 5.75 Å². The van der Waals surface area contributed by atoms with Crippen LogP contribution in [0.3, 0.4) is 0 Å². The standard InChI is InChI=1S/C21H13F3.C14H9Br.C7H5BF3O2/c22-21(23,24)17-11-9-14(10-12-17)20-18-7-3-1-5-15(18)13-16-6-2-4-8-19(16)20;15-14-12-7-3-1-5-10(12)9-11-6-2-4-8-13(11)14;9-7(10,11)5-1-3-6(4-2-5)13-8-12/h1-13H;1-9H;1-4,12H. The highest BCUT2D eigenvalue weighted by molar-refractivity contribution is 9.10. The molecule has 1 N–H and O–H groups in total. The lowest BCUT2D eigenvalue weighted by atomic mass is 9.92. The van der Waals surface area contributed by atoms with Gasteiger partial charge in [-0.05, 0) is 119 Å². The zero-order chi connectivity index (χ0) is 36.9. The Morgan fingerprint density at radius 2 is 0.808 bits per heavy atom. The van der Waals surface area contributed by atoms with Gasteiger partial charge in [0.05, 0.1) is 11.1 Å². The molecule has 52 heavy (non-hydrogen) atoms. The van der Waals surface area contributed by atoms with E-state index < -0.39 is 23.5 Å². The van der Waals surface area contributed by atoms with Gasteiger partial charge in [0, 0.05) is 4.47 Å². The summed E-state index contributed by atoms with van der Waals surface area (Å²) in [5.41, 5.74) is 0.377. The molecule has 0 fully saturated rings. The van der Waals surface area contributed by atoms with E-state index in [1.165, 1.54) is 26.0 Å². The molecule has 0 saturated carbocycles. The summed E-state index contributed by atoms with van der Waals surface area (Å²) in [6.45, 7) is 0. The van der Waals surface area contributed by atoms with E-state index in [9.17, 15) is 26.3 Å². The third kappa shape index (κ3) is 8.25. The van der Waals surface area contributed by atoms with Crippen molar-refractivity contribution in [1.29, 1.82) is 0 Å². The van der Waals surface area contributed by atoms with Gasteiger partial charge in [0.2, 0.25) is 0 Å². The van der Waals surface area contributed by atoms with Crippen LogP contribution in [0.2, 0.25) is 0 Å². The first-order valence-electron chi connectivity index (χ1n) is 15.9. The number of benzene rings is 8. The smallest absolute Gasteiger partial charge is 0.537 e. The Morgan fingerprint density at radius 1 is 0.462 bits per heavy atom. The van der Waals surface area contributed by atoms with Crippen molar-refractivity contribution in [3.8, 4) is 16.9 Å². The summed E-state index contributed by atoms with van der Waals surface area (Å²) in [4.78, 5) is 0. The highest BCUT2D eigenvalue weighted by Crippen LogP contribution is 2.38. The molecule has 8 aromatic rings. The fourth-order valence-corrected chi connectivity index (χ4v) is 6.61. The van der Waals surface area contributed by atoms with Gasteiger partial charge >= 0.3 is 20.0 Å². The predicted octanol–water partition coefficient (Wildman–Crippen LogP) is 13.0. The van der Waals surface area contributed by atoms with Crippen molar-refractivity contribution in [2.24, 2.45) is 0 Å². The second kappa shape index (κ2) is 15.5. The fourth-order valence-electron chi connectivity index (χ4n) is 5.89. The van der Waals surface area contributed by atoms with Crippen LogP contribution >= 0.6 is 15.9 Å². The molecule has 0 amide bonds. The normalized spacial score (nSPS) is 11.5. The minimum absolute atomic E-state index is 0.149. The average molecular weight is 768 g/mol. The first kappa shape index (κ1) is 36.5. The first-order valence-corrected chi connectivity index (χ1v) is 16.7. The van der Waals surface area contributed by atoms with E-state index >= 15 is 0 Å². The zero-order valence-electron chi connectivity index (χ0n) is 27.1. The van der Waals surface area contributed by atoms with Gasteiger partial charge in [-0.15, -0.1) is 0 Å². The number of hydrogen-bond acceptors (Lipinski definition) is 2. The number of fused-ring (bicyclic) bond motifs is 4. The van der Waals surface area contributed by atoms with Crippen LogP contribution in [-0.2, 0) is 12.4 Å². The Bertz CT molecular complexity index is 2360. The van der Waals surface area contributed by atoms with Crippen molar-refractivity contribution in [2.75, 3.05) is 0 Å². The largest absolute Gasteiger partial charge is 0.569 e. The molecule has 0 saturated heterocycles. The van der Waals surface area contributed by atoms with Crippen LogP contribution in [0.25, 0.3) is 54.2 Å². The molecule has 1 radical (unpaired) electrons. The molecule has 0 spiro atoms. The summed E-state index contributed by atoms with van der Waals surface area (Å²) in [6, 6.07) is 46.5. The maximum atomic E-state index is 12.8. The maximum Gasteiger partial charge on any atom is 0.569 e. The molecule has 0 aliphatic carbocycles. The van der Waals surface area contributed by atoms with Gasteiger partial charge in [-0.25, -0.2) is 0 Å². The molecule has 0 aromatic heterocycles. The van der Waals surface area contributed by atoms with Gasteiger partial charge in [0.15, 0.2) is 0 Å². The quantitative estimate of drug-likeness (QED) is 0.110. The number of rotatable bonds is 3. The predicted molar refractivity (Wildman–Crippen MR) is 201 cm³/mol. The second-order valence-corrected chi connectivity index (χ2v) is 12.4. The van der Waals surface area contributed by atoms with Crippen LogP contribution in [0.15, 0.2) is 162 Å². The summed E-state index contributed by atoms with van der Waals surface area (Å²) in [5, 5.41) is 17.5. The molecule has 0 aliphatic heterocycles. The summed E-state index contributed by atoms with van der Waals surface area (Å²) in [5.74, 6) is 0.149. The monoisotopic (exact) mass is 767 g/mol. The highest BCUT2D eigenvalue weighted by atomic mass is 79.9. The van der Waals surface area contributed by atoms with E-state index in [4.69, 9.17) is 5.02 Å². The molecule has 259 valence electrons. The van der Waals surface area contributed by atoms with E-state index in [1.54, 1.807) is 12.1 Å². The molecule has 0 bridgehead atoms. The minimum atomic E-state index is -4.35. The molecule has 8 aromatic carbocycles. The Kier molecular flexibility index (Phi) is 10.9. The van der Waals surface area contributed by atoms with Crippen LogP contribution in [0.1, 0.15) is 11.1 Å². The number of alkyl halides is 6. The zero-order valence-corrected chi connectivity index (χ0v) is 28.7. The summed E-state index contributed by atoms with van der Waals surface area (Å²) in [7, 11) is 0.405. The van der Waals surface area contributed by atoms with Crippen molar-refractivity contribution in [1.82, 2.24) is 0 Å². The van der Waals surface area contributed by atoms with Gasteiger partial charge in [-0.2, -0.15) is 26.3 Å². The average Bonchev–Trinajstić information content (AvgIpc) is 3.14. The van der Waals surface area contributed by atoms with Crippen molar-refractivity contribution in [2.45, 2.75) is 12.4 Å². The van der Waals surface area contributed by atoms with Crippen molar-refractivity contribution in [3.63, 3.8) is 0 Å². The molecule has 8 rings (SSSR count). The van der Waals surface area contributed by atoms with E-state index in [0.29, 0.717) is 7.69 Å². The van der Waals surface area contributed by atoms with Gasteiger partial charge in [0.25, 0.3) is 0 Å². The molecular formula is C42H27BBrF6O2. The third-order valence-electron chi connectivity index (χ3n) is 8.35. The van der Waals surface area contributed by atoms with Crippen LogP contribution < -0.4 is 4.65 Å². The summed E-state index contributed by atoms with van der Waals surface area (Å²) in [6.07, 6.45) is -8.67. The van der Waals surface area contributed by atoms with Crippen molar-refractivity contribution >= 4 is 66.7 Å². The molecule has 0 aliphatic rings. The Morgan fingerprint density at radius 3 is 1.19 bits per heavy atom. The van der Waals surface area contributed by atoms with E-state index in [0.717, 1.165) is 69.1 Å². The van der Waals surface area contributed by atoms with Crippen LogP contribution in [0.5, 0.6) is 5.75 Å². The number of halogens is 7. The molecule has 0 atom stereocenters. The highest BCUT2D eigenvalue weighted by Gasteiger charge is 2.30. The Balaban J connectivity index is 0.000000143. The van der Waals surface area contributed by atoms with Gasteiger partial charge in [-0.1, -0.05) is 109 Å². The maximum absolute atomic E-state index is 12.8. The van der Waals surface area contributed by atoms with Gasteiger partial charge < -0.3 is 9.68 Å². The molecule has 0 heterocycles. The second-order valence-electron chi connectivity index (χ2n) is 11.6. The lowest BCUT2D eigenvalue weighted by molar-refractivity contribution is -0.138. The van der Waals surface area contributed by atoms with E-state index in [1.807, 2.05) is 48.5 Å². The Labute approximate surface area is 304 Å². The van der Waals surface area contributed by atoms with E-state index in [-0.39, 0.29) is 5.75 Å². The molecule has 10 heteroatoms. The van der Waals surface area contributed by atoms with Crippen LogP contribution in [0.4, 0.5) is 26.3 Å². The van der Waals surface area contributed by atoms with Crippen LogP contribution in [-0.4, -0.2) is 12.7 Å². The fraction of sp³-hybridized carbons (Fsp3) is 0.0476. The molecule has 0 unspecified atom stereocenters. The van der Waals surface area contributed by atoms with Gasteiger partial charge in [-0.3, -0.25) is 0 Å². The SMILES string of the molecule is Brc1c2ccccc2cc2ccccc12.FC(F)(F)c1ccc(-c2c3ccccc3cc3ccccc23)cc1.O[B]Oc1ccc(C(F)(F)F)cc1. The van der Waals surface area contributed by atoms with Crippen molar-refractivity contribution < 1.29 is 36.0 Å². The lowest BCUT2D eigenvalue weighted by Crippen LogP contribution is -2.05. The summed E-state index contributed by atoms with van der Waals surface area (Å²) >= 11 is 3.68. The number of hydrogen-bond donors (Lipinski definition) is 1. The minimum Gasteiger partial charge on any atom is -0.537 e. The Hall–Kier alpha value is -5.32. The van der Waals surface area contributed by atoms with E-state index in [2.05, 4.69) is 81.2 Å². The molecular weight excluding hydrogens is 741 g/mol. The molecule has 2 nitrogen and oxygen atoms in total. The lowest BCUT2D eigenvalue weighted by Gasteiger charge is -2.13. The van der Waals surface area contributed by atoms with Crippen molar-refractivity contribution in [3.05, 3.63) is 173 Å². The topological polar surface area (TPSA) is 29.5 Å².